The second-order valence-electron chi connectivity index (χ2n) is 6.32. The third-order valence-electron chi connectivity index (χ3n) is 4.51. The van der Waals surface area contributed by atoms with Crippen molar-refractivity contribution in [1.29, 1.82) is 0 Å². The number of unbranched alkanes of at least 4 members (excludes halogenated alkanes) is 1. The molecule has 1 aromatic rings. The van der Waals surface area contributed by atoms with Crippen LogP contribution in [-0.4, -0.2) is 25.3 Å². The molecule has 0 bridgehead atoms. The average molecular weight is 333 g/mol. The second kappa shape index (κ2) is 7.45. The number of hydrogen-bond acceptors (Lipinski definition) is 2. The maximum Gasteiger partial charge on any atom is 0.243 e. The Hall–Kier alpha value is -1.39. The molecule has 0 radical (unpaired) electrons. The molecule has 1 heterocycles. The van der Waals surface area contributed by atoms with Crippen molar-refractivity contribution >= 4 is 10.0 Å². The van der Waals surface area contributed by atoms with Gasteiger partial charge >= 0.3 is 0 Å². The van der Waals surface area contributed by atoms with Crippen LogP contribution in [0, 0.1) is 6.92 Å². The maximum absolute atomic E-state index is 13.1. The molecule has 4 heteroatoms. The average Bonchev–Trinajstić information content (AvgIpc) is 2.83. The standard InChI is InChI=1S/C19H27NO2S/c1-5-7-9-19-18(8-6-2)16(4)14-20(19)23(21,22)17-12-10-15(3)11-13-17/h6,10-13,19H,2,5,7-9,14H2,1,3-4H3/t19-/m1/s1. The van der Waals surface area contributed by atoms with E-state index >= 15 is 0 Å². The smallest absolute Gasteiger partial charge is 0.207 e. The van der Waals surface area contributed by atoms with Gasteiger partial charge in [0.2, 0.25) is 10.0 Å². The van der Waals surface area contributed by atoms with Gasteiger partial charge in [0.05, 0.1) is 4.90 Å². The first-order chi connectivity index (χ1) is 10.9. The normalized spacial score (nSPS) is 19.3. The van der Waals surface area contributed by atoms with E-state index in [1.807, 2.05) is 32.1 Å². The molecule has 0 saturated carbocycles. The Morgan fingerprint density at radius 2 is 1.91 bits per heavy atom. The van der Waals surface area contributed by atoms with Crippen molar-refractivity contribution in [1.82, 2.24) is 4.31 Å². The number of benzene rings is 1. The number of rotatable bonds is 7. The van der Waals surface area contributed by atoms with Crippen LogP contribution in [0.3, 0.4) is 0 Å². The van der Waals surface area contributed by atoms with Crippen molar-refractivity contribution in [2.24, 2.45) is 0 Å². The summed E-state index contributed by atoms with van der Waals surface area (Å²) in [5.74, 6) is 0. The van der Waals surface area contributed by atoms with Crippen LogP contribution in [0.5, 0.6) is 0 Å². The highest BCUT2D eigenvalue weighted by Gasteiger charge is 2.38. The van der Waals surface area contributed by atoms with Gasteiger partial charge in [-0.1, -0.05) is 49.1 Å². The van der Waals surface area contributed by atoms with Gasteiger partial charge in [-0.25, -0.2) is 8.42 Å². The zero-order valence-electron chi connectivity index (χ0n) is 14.4. The van der Waals surface area contributed by atoms with E-state index in [0.29, 0.717) is 11.4 Å². The molecule has 0 amide bonds. The van der Waals surface area contributed by atoms with Gasteiger partial charge in [0.25, 0.3) is 0 Å². The molecule has 1 aliphatic rings. The third kappa shape index (κ3) is 3.75. The van der Waals surface area contributed by atoms with E-state index in [0.717, 1.165) is 31.2 Å². The van der Waals surface area contributed by atoms with E-state index in [1.54, 1.807) is 16.4 Å². The van der Waals surface area contributed by atoms with Crippen LogP contribution >= 0.6 is 0 Å². The summed E-state index contributed by atoms with van der Waals surface area (Å²) >= 11 is 0. The number of allylic oxidation sites excluding steroid dienone is 1. The van der Waals surface area contributed by atoms with Gasteiger partial charge < -0.3 is 0 Å². The van der Waals surface area contributed by atoms with E-state index < -0.39 is 10.0 Å². The molecule has 0 fully saturated rings. The topological polar surface area (TPSA) is 37.4 Å². The molecule has 0 spiro atoms. The van der Waals surface area contributed by atoms with E-state index in [4.69, 9.17) is 0 Å². The van der Waals surface area contributed by atoms with Crippen molar-refractivity contribution in [3.05, 3.63) is 53.6 Å². The maximum atomic E-state index is 13.1. The lowest BCUT2D eigenvalue weighted by molar-refractivity contribution is 0.374. The van der Waals surface area contributed by atoms with Crippen molar-refractivity contribution in [2.75, 3.05) is 6.54 Å². The van der Waals surface area contributed by atoms with Crippen LogP contribution in [0.1, 0.15) is 45.1 Å². The summed E-state index contributed by atoms with van der Waals surface area (Å²) in [7, 11) is -3.46. The first kappa shape index (κ1) is 18.0. The van der Waals surface area contributed by atoms with Gasteiger partial charge in [-0.15, -0.1) is 6.58 Å². The lowest BCUT2D eigenvalue weighted by Gasteiger charge is -2.26. The monoisotopic (exact) mass is 333 g/mol. The molecule has 0 unspecified atom stereocenters. The van der Waals surface area contributed by atoms with Crippen molar-refractivity contribution in [2.45, 2.75) is 57.4 Å². The Bertz CT molecular complexity index is 687. The molecular formula is C19H27NO2S. The highest BCUT2D eigenvalue weighted by Crippen LogP contribution is 2.35. The van der Waals surface area contributed by atoms with Crippen LogP contribution in [0.15, 0.2) is 53.0 Å². The fourth-order valence-corrected chi connectivity index (χ4v) is 4.87. The first-order valence-corrected chi connectivity index (χ1v) is 9.73. The van der Waals surface area contributed by atoms with Gasteiger partial charge in [-0.3, -0.25) is 0 Å². The largest absolute Gasteiger partial charge is 0.243 e. The predicted molar refractivity (Wildman–Crippen MR) is 95.9 cm³/mol. The van der Waals surface area contributed by atoms with E-state index in [9.17, 15) is 8.42 Å². The summed E-state index contributed by atoms with van der Waals surface area (Å²) in [6.07, 6.45) is 5.61. The summed E-state index contributed by atoms with van der Waals surface area (Å²) in [5.41, 5.74) is 3.46. The first-order valence-electron chi connectivity index (χ1n) is 8.29. The SMILES string of the molecule is C=CCC1=C(C)CN(S(=O)(=O)c2ccc(C)cc2)[C@@H]1CCCC. The fraction of sp³-hybridized carbons (Fsp3) is 0.474. The van der Waals surface area contributed by atoms with Gasteiger partial charge in [-0.05, 0) is 44.4 Å². The summed E-state index contributed by atoms with van der Waals surface area (Å²) in [6, 6.07) is 7.11. The quantitative estimate of drug-likeness (QED) is 0.691. The molecule has 0 aromatic heterocycles. The Morgan fingerprint density at radius 1 is 1.26 bits per heavy atom. The van der Waals surface area contributed by atoms with Gasteiger partial charge in [0.15, 0.2) is 0 Å². The minimum Gasteiger partial charge on any atom is -0.207 e. The molecule has 0 aliphatic carbocycles. The van der Waals surface area contributed by atoms with Crippen LogP contribution in [0.25, 0.3) is 0 Å². The molecule has 126 valence electrons. The van der Waals surface area contributed by atoms with E-state index in [2.05, 4.69) is 13.5 Å². The van der Waals surface area contributed by atoms with Crippen LogP contribution < -0.4 is 0 Å². The van der Waals surface area contributed by atoms with E-state index in [-0.39, 0.29) is 6.04 Å². The Balaban J connectivity index is 2.36. The summed E-state index contributed by atoms with van der Waals surface area (Å²) < 4.78 is 27.9. The highest BCUT2D eigenvalue weighted by molar-refractivity contribution is 7.89. The summed E-state index contributed by atoms with van der Waals surface area (Å²) in [5, 5.41) is 0. The molecule has 23 heavy (non-hydrogen) atoms. The van der Waals surface area contributed by atoms with Crippen LogP contribution in [-0.2, 0) is 10.0 Å². The summed E-state index contributed by atoms with van der Waals surface area (Å²) in [6.45, 7) is 10.5. The van der Waals surface area contributed by atoms with Crippen LogP contribution in [0.4, 0.5) is 0 Å². The van der Waals surface area contributed by atoms with Gasteiger partial charge in [0.1, 0.15) is 0 Å². The molecule has 1 aliphatic heterocycles. The minimum absolute atomic E-state index is 0.0285. The Morgan fingerprint density at radius 3 is 2.48 bits per heavy atom. The van der Waals surface area contributed by atoms with Gasteiger partial charge in [0, 0.05) is 12.6 Å². The van der Waals surface area contributed by atoms with Gasteiger partial charge in [-0.2, -0.15) is 4.31 Å². The second-order valence-corrected chi connectivity index (χ2v) is 8.21. The summed E-state index contributed by atoms with van der Waals surface area (Å²) in [4.78, 5) is 0.386. The highest BCUT2D eigenvalue weighted by atomic mass is 32.2. The number of aryl methyl sites for hydroxylation is 1. The molecule has 3 nitrogen and oxygen atoms in total. The Kier molecular flexibility index (Phi) is 5.82. The predicted octanol–water partition coefficient (Wildman–Crippen LogP) is 4.45. The fourth-order valence-electron chi connectivity index (χ4n) is 3.18. The lowest BCUT2D eigenvalue weighted by Crippen LogP contribution is -2.37. The molecule has 2 rings (SSSR count). The number of hydrogen-bond donors (Lipinski definition) is 0. The molecular weight excluding hydrogens is 306 g/mol. The zero-order chi connectivity index (χ0) is 17.0. The minimum atomic E-state index is -3.46. The molecule has 1 aromatic carbocycles. The zero-order valence-corrected chi connectivity index (χ0v) is 15.2. The third-order valence-corrected chi connectivity index (χ3v) is 6.38. The molecule has 0 N–H and O–H groups in total. The lowest BCUT2D eigenvalue weighted by atomic mass is 9.98. The molecule has 0 saturated heterocycles. The number of nitrogens with zero attached hydrogens (tertiary/aromatic N) is 1. The number of sulfonamides is 1. The molecule has 1 atom stereocenters. The van der Waals surface area contributed by atoms with Crippen molar-refractivity contribution < 1.29 is 8.42 Å². The Labute approximate surface area is 140 Å². The van der Waals surface area contributed by atoms with Crippen LogP contribution in [0.2, 0.25) is 0 Å². The van der Waals surface area contributed by atoms with E-state index in [1.165, 1.54) is 11.1 Å². The van der Waals surface area contributed by atoms with Crippen molar-refractivity contribution in [3.63, 3.8) is 0 Å². The van der Waals surface area contributed by atoms with Crippen molar-refractivity contribution in [3.8, 4) is 0 Å².